The van der Waals surface area contributed by atoms with Gasteiger partial charge in [-0.05, 0) is 18.6 Å². The summed E-state index contributed by atoms with van der Waals surface area (Å²) >= 11 is 0. The topological polar surface area (TPSA) is 89.5 Å². The SMILES string of the molecule is CCCCCCCCCCCCCCCCCCOC(=O)OOOC(=O)c1cccc(OC)c1OC. The van der Waals surface area contributed by atoms with E-state index in [9.17, 15) is 9.59 Å². The third kappa shape index (κ3) is 14.8. The lowest BCUT2D eigenvalue weighted by Crippen LogP contribution is -2.13. The van der Waals surface area contributed by atoms with Crippen LogP contribution in [-0.4, -0.2) is 33.0 Å². The third-order valence-corrected chi connectivity index (χ3v) is 6.05. The molecule has 1 rings (SSSR count). The van der Waals surface area contributed by atoms with E-state index in [1.54, 1.807) is 12.1 Å². The summed E-state index contributed by atoms with van der Waals surface area (Å²) in [5.41, 5.74) is 0.0574. The van der Waals surface area contributed by atoms with Crippen molar-refractivity contribution in [2.75, 3.05) is 20.8 Å². The summed E-state index contributed by atoms with van der Waals surface area (Å²) in [6.07, 6.45) is 19.3. The molecular formula is C28H46O8. The van der Waals surface area contributed by atoms with Gasteiger partial charge in [0.2, 0.25) is 0 Å². The highest BCUT2D eigenvalue weighted by atomic mass is 17.5. The fourth-order valence-corrected chi connectivity index (χ4v) is 4.00. The number of carbonyl (C=O) groups is 2. The molecule has 0 aliphatic rings. The zero-order valence-electron chi connectivity index (χ0n) is 22.5. The maximum atomic E-state index is 12.1. The summed E-state index contributed by atoms with van der Waals surface area (Å²) in [6.45, 7) is 2.48. The lowest BCUT2D eigenvalue weighted by atomic mass is 10.0. The van der Waals surface area contributed by atoms with E-state index in [0.717, 1.165) is 19.3 Å². The second-order valence-electron chi connectivity index (χ2n) is 8.97. The highest BCUT2D eigenvalue weighted by Gasteiger charge is 2.20. The van der Waals surface area contributed by atoms with Gasteiger partial charge in [0.25, 0.3) is 0 Å². The molecule has 0 aliphatic carbocycles. The maximum absolute atomic E-state index is 12.1. The Bertz CT molecular complexity index is 707. The molecule has 0 radical (unpaired) electrons. The quantitative estimate of drug-likeness (QED) is 0.0668. The molecule has 1 aromatic rings. The average Bonchev–Trinajstić information content (AvgIpc) is 2.89. The van der Waals surface area contributed by atoms with Crippen molar-refractivity contribution in [2.45, 2.75) is 110 Å². The second kappa shape index (κ2) is 21.8. The molecule has 0 saturated carbocycles. The number of methoxy groups -OCH3 is 2. The molecule has 8 nitrogen and oxygen atoms in total. The molecule has 0 bridgehead atoms. The Morgan fingerprint density at radius 2 is 1.19 bits per heavy atom. The number of unbranched alkanes of at least 4 members (excludes halogenated alkanes) is 15. The van der Waals surface area contributed by atoms with Gasteiger partial charge in [-0.1, -0.05) is 109 Å². The number of rotatable bonds is 22. The Morgan fingerprint density at radius 3 is 1.69 bits per heavy atom. The van der Waals surface area contributed by atoms with Crippen LogP contribution in [0, 0.1) is 0 Å². The Balaban J connectivity index is 1.93. The van der Waals surface area contributed by atoms with Crippen molar-refractivity contribution in [3.05, 3.63) is 23.8 Å². The van der Waals surface area contributed by atoms with Gasteiger partial charge in [-0.2, -0.15) is 0 Å². The summed E-state index contributed by atoms with van der Waals surface area (Å²) < 4.78 is 15.2. The monoisotopic (exact) mass is 510 g/mol. The summed E-state index contributed by atoms with van der Waals surface area (Å²) in [4.78, 5) is 32.4. The molecule has 8 heteroatoms. The molecule has 0 heterocycles. The molecule has 0 unspecified atom stereocenters. The van der Waals surface area contributed by atoms with Crippen molar-refractivity contribution in [3.8, 4) is 11.5 Å². The van der Waals surface area contributed by atoms with Gasteiger partial charge in [0.15, 0.2) is 11.5 Å². The van der Waals surface area contributed by atoms with E-state index in [1.165, 1.54) is 104 Å². The van der Waals surface area contributed by atoms with Gasteiger partial charge in [0, 0.05) is 0 Å². The Kier molecular flexibility index (Phi) is 19.1. The Hall–Kier alpha value is -2.48. The van der Waals surface area contributed by atoms with E-state index >= 15 is 0 Å². The molecule has 0 fully saturated rings. The highest BCUT2D eigenvalue weighted by Crippen LogP contribution is 2.31. The molecule has 0 aliphatic heterocycles. The van der Waals surface area contributed by atoms with Crippen LogP contribution in [0.3, 0.4) is 0 Å². The molecule has 0 amide bonds. The smallest absolute Gasteiger partial charge is 0.493 e. The lowest BCUT2D eigenvalue weighted by molar-refractivity contribution is -0.452. The average molecular weight is 511 g/mol. The van der Waals surface area contributed by atoms with Crippen molar-refractivity contribution in [2.24, 2.45) is 0 Å². The number of carbonyl (C=O) groups excluding carboxylic acids is 2. The lowest BCUT2D eigenvalue weighted by Gasteiger charge is -2.10. The van der Waals surface area contributed by atoms with Crippen molar-refractivity contribution in [1.29, 1.82) is 0 Å². The predicted octanol–water partition coefficient (Wildman–Crippen LogP) is 8.12. The standard InChI is InChI=1S/C28H46O8/c1-4-5-6-7-8-9-10-11-12-13-14-15-16-17-18-19-23-33-28(30)35-36-34-27(29)24-21-20-22-25(31-2)26(24)32-3/h20-22H,4-19,23H2,1-3H3. The fourth-order valence-electron chi connectivity index (χ4n) is 4.00. The van der Waals surface area contributed by atoms with Crippen molar-refractivity contribution in [1.82, 2.24) is 0 Å². The summed E-state index contributed by atoms with van der Waals surface area (Å²) in [5.74, 6) is -0.373. The van der Waals surface area contributed by atoms with Crippen LogP contribution < -0.4 is 9.47 Å². The Morgan fingerprint density at radius 1 is 0.667 bits per heavy atom. The van der Waals surface area contributed by atoms with Crippen LogP contribution >= 0.6 is 0 Å². The summed E-state index contributed by atoms with van der Waals surface area (Å²) in [7, 11) is 2.84. The van der Waals surface area contributed by atoms with Crippen LogP contribution in [0.2, 0.25) is 0 Å². The second-order valence-corrected chi connectivity index (χ2v) is 8.97. The first-order chi connectivity index (χ1) is 17.6. The zero-order valence-corrected chi connectivity index (χ0v) is 22.5. The minimum atomic E-state index is -1.07. The van der Waals surface area contributed by atoms with Gasteiger partial charge in [-0.3, -0.25) is 4.89 Å². The molecule has 1 aromatic carbocycles. The van der Waals surface area contributed by atoms with E-state index in [0.29, 0.717) is 5.75 Å². The van der Waals surface area contributed by atoms with Crippen LogP contribution in [0.25, 0.3) is 0 Å². The van der Waals surface area contributed by atoms with Crippen LogP contribution in [0.1, 0.15) is 120 Å². The zero-order chi connectivity index (χ0) is 26.3. The van der Waals surface area contributed by atoms with Gasteiger partial charge in [-0.15, -0.1) is 0 Å². The van der Waals surface area contributed by atoms with Gasteiger partial charge >= 0.3 is 12.1 Å². The molecule has 36 heavy (non-hydrogen) atoms. The van der Waals surface area contributed by atoms with Gasteiger partial charge in [-0.25, -0.2) is 14.5 Å². The molecule has 0 saturated heterocycles. The van der Waals surface area contributed by atoms with E-state index in [4.69, 9.17) is 14.2 Å². The minimum Gasteiger partial charge on any atom is -0.493 e. The molecule has 0 N–H and O–H groups in total. The molecule has 0 aromatic heterocycles. The number of hydrogen-bond donors (Lipinski definition) is 0. The molecule has 0 atom stereocenters. The van der Waals surface area contributed by atoms with Crippen LogP contribution in [0.15, 0.2) is 18.2 Å². The van der Waals surface area contributed by atoms with Gasteiger partial charge in [0.05, 0.1) is 25.9 Å². The number of benzene rings is 1. The number of hydrogen-bond acceptors (Lipinski definition) is 8. The summed E-state index contributed by atoms with van der Waals surface area (Å²) in [6, 6.07) is 4.68. The van der Waals surface area contributed by atoms with E-state index in [2.05, 4.69) is 21.7 Å². The van der Waals surface area contributed by atoms with Crippen molar-refractivity contribution < 1.29 is 38.6 Å². The van der Waals surface area contributed by atoms with Crippen molar-refractivity contribution >= 4 is 12.1 Å². The first-order valence-electron chi connectivity index (χ1n) is 13.6. The van der Waals surface area contributed by atoms with E-state index < -0.39 is 12.1 Å². The number of para-hydroxylation sites is 1. The minimum absolute atomic E-state index is 0.0574. The normalized spacial score (nSPS) is 10.6. The van der Waals surface area contributed by atoms with Crippen molar-refractivity contribution in [3.63, 3.8) is 0 Å². The number of ether oxygens (including phenoxy) is 3. The van der Waals surface area contributed by atoms with Crippen LogP contribution in [-0.2, 0) is 19.6 Å². The van der Waals surface area contributed by atoms with Gasteiger partial charge in [0.1, 0.15) is 5.56 Å². The molecular weight excluding hydrogens is 464 g/mol. The van der Waals surface area contributed by atoms with Crippen LogP contribution in [0.4, 0.5) is 4.79 Å². The van der Waals surface area contributed by atoms with E-state index in [-0.39, 0.29) is 17.9 Å². The fraction of sp³-hybridized carbons (Fsp3) is 0.714. The first-order valence-corrected chi connectivity index (χ1v) is 13.6. The van der Waals surface area contributed by atoms with Crippen LogP contribution in [0.5, 0.6) is 11.5 Å². The maximum Gasteiger partial charge on any atom is 0.543 e. The highest BCUT2D eigenvalue weighted by molar-refractivity contribution is 5.93. The Labute approximate surface area is 216 Å². The predicted molar refractivity (Wildman–Crippen MR) is 138 cm³/mol. The molecule has 206 valence electrons. The third-order valence-electron chi connectivity index (χ3n) is 6.05. The van der Waals surface area contributed by atoms with Gasteiger partial charge < -0.3 is 14.2 Å². The first kappa shape index (κ1) is 31.5. The molecule has 0 spiro atoms. The largest absolute Gasteiger partial charge is 0.543 e. The summed E-state index contributed by atoms with van der Waals surface area (Å²) in [5, 5.41) is 4.25. The van der Waals surface area contributed by atoms with E-state index in [1.807, 2.05) is 0 Å².